The van der Waals surface area contributed by atoms with Crippen molar-refractivity contribution in [3.05, 3.63) is 47.0 Å². The van der Waals surface area contributed by atoms with Crippen LogP contribution in [0.15, 0.2) is 36.4 Å². The van der Waals surface area contributed by atoms with Crippen LogP contribution in [0.25, 0.3) is 10.9 Å². The number of benzene rings is 2. The number of nitrogens with zero attached hydrogens (tertiary/aromatic N) is 2. The summed E-state index contributed by atoms with van der Waals surface area (Å²) in [7, 11) is 1.52. The summed E-state index contributed by atoms with van der Waals surface area (Å²) in [5, 5.41) is 0.740. The van der Waals surface area contributed by atoms with E-state index in [4.69, 9.17) is 37.4 Å². The first-order valence-corrected chi connectivity index (χ1v) is 8.78. The van der Waals surface area contributed by atoms with Gasteiger partial charge >= 0.3 is 6.01 Å². The molecule has 0 aliphatic heterocycles. The van der Waals surface area contributed by atoms with Crippen molar-refractivity contribution in [3.63, 3.8) is 0 Å². The molecule has 8 heteroatoms. The summed E-state index contributed by atoms with van der Waals surface area (Å²) in [6, 6.07) is 10.4. The summed E-state index contributed by atoms with van der Waals surface area (Å²) in [5.41, 5.74) is 1.55. The number of hydrogen-bond donors (Lipinski definition) is 0. The molecular formula is C19H16Cl2N2O4. The highest BCUT2D eigenvalue weighted by molar-refractivity contribution is 6.64. The number of carbonyl (C=O) groups is 1. The Labute approximate surface area is 166 Å². The molecule has 1 heterocycles. The maximum absolute atomic E-state index is 11.0. The predicted octanol–water partition coefficient (Wildman–Crippen LogP) is 4.93. The second-order valence-corrected chi connectivity index (χ2v) is 6.55. The highest BCUT2D eigenvalue weighted by Gasteiger charge is 2.13. The van der Waals surface area contributed by atoms with Crippen molar-refractivity contribution in [1.82, 2.24) is 9.97 Å². The molecule has 1 atom stereocenters. The lowest BCUT2D eigenvalue weighted by Gasteiger charge is -2.12. The minimum absolute atomic E-state index is 0.138. The normalized spacial score (nSPS) is 11.9. The number of aromatic nitrogens is 2. The number of aryl methyl sites for hydroxylation is 1. The summed E-state index contributed by atoms with van der Waals surface area (Å²) in [4.78, 5) is 19.7. The maximum atomic E-state index is 11.0. The van der Waals surface area contributed by atoms with Crippen molar-refractivity contribution in [1.29, 1.82) is 0 Å². The fourth-order valence-corrected chi connectivity index (χ4v) is 2.56. The first-order chi connectivity index (χ1) is 12.9. The molecule has 140 valence electrons. The van der Waals surface area contributed by atoms with Gasteiger partial charge in [-0.3, -0.25) is 4.79 Å². The third-order valence-corrected chi connectivity index (χ3v) is 4.49. The quantitative estimate of drug-likeness (QED) is 0.540. The lowest BCUT2D eigenvalue weighted by atomic mass is 10.2. The molecule has 0 spiro atoms. The third kappa shape index (κ3) is 4.40. The zero-order chi connectivity index (χ0) is 19.6. The van der Waals surface area contributed by atoms with Gasteiger partial charge in [0.1, 0.15) is 11.5 Å². The van der Waals surface area contributed by atoms with E-state index in [0.717, 1.165) is 5.56 Å². The van der Waals surface area contributed by atoms with Gasteiger partial charge in [-0.05, 0) is 67.4 Å². The molecule has 0 saturated carbocycles. The van der Waals surface area contributed by atoms with Crippen LogP contribution in [-0.2, 0) is 4.79 Å². The number of ether oxygens (including phenoxy) is 3. The summed E-state index contributed by atoms with van der Waals surface area (Å²) >= 11 is 11.6. The van der Waals surface area contributed by atoms with Gasteiger partial charge in [-0.1, -0.05) is 11.6 Å². The Morgan fingerprint density at radius 3 is 2.41 bits per heavy atom. The SMILES string of the molecule is COc1nc(Oc2ccc(OC(C)C(=O)Cl)cc2)nc2cc(C)c(Cl)cc12. The van der Waals surface area contributed by atoms with E-state index < -0.39 is 11.3 Å². The molecule has 6 nitrogen and oxygen atoms in total. The van der Waals surface area contributed by atoms with Crippen LogP contribution in [0.3, 0.4) is 0 Å². The molecule has 0 radical (unpaired) electrons. The van der Waals surface area contributed by atoms with E-state index >= 15 is 0 Å². The van der Waals surface area contributed by atoms with Crippen molar-refractivity contribution in [3.8, 4) is 23.4 Å². The first-order valence-electron chi connectivity index (χ1n) is 8.03. The van der Waals surface area contributed by atoms with Crippen molar-refractivity contribution in [2.45, 2.75) is 20.0 Å². The number of methoxy groups -OCH3 is 1. The number of hydrogen-bond acceptors (Lipinski definition) is 6. The molecule has 0 fully saturated rings. The van der Waals surface area contributed by atoms with Crippen LogP contribution in [0.2, 0.25) is 5.02 Å². The topological polar surface area (TPSA) is 70.5 Å². The van der Waals surface area contributed by atoms with E-state index in [-0.39, 0.29) is 6.01 Å². The van der Waals surface area contributed by atoms with Crippen LogP contribution in [0.4, 0.5) is 0 Å². The molecule has 0 aliphatic rings. The first kappa shape index (κ1) is 19.2. The van der Waals surface area contributed by atoms with Crippen LogP contribution < -0.4 is 14.2 Å². The van der Waals surface area contributed by atoms with Gasteiger partial charge in [0.2, 0.25) is 5.88 Å². The van der Waals surface area contributed by atoms with Gasteiger partial charge < -0.3 is 14.2 Å². The van der Waals surface area contributed by atoms with Crippen molar-refractivity contribution < 1.29 is 19.0 Å². The fourth-order valence-electron chi connectivity index (χ4n) is 2.35. The fraction of sp³-hybridized carbons (Fsp3) is 0.211. The van der Waals surface area contributed by atoms with Crippen LogP contribution in [0.5, 0.6) is 23.4 Å². The average molecular weight is 407 g/mol. The summed E-state index contributed by atoms with van der Waals surface area (Å²) in [6.07, 6.45) is -0.735. The lowest BCUT2D eigenvalue weighted by molar-refractivity contribution is -0.117. The standard InChI is InChI=1S/C19H16Cl2N2O4/c1-10-8-16-14(9-15(10)20)18(25-3)23-19(22-16)27-13-6-4-12(5-7-13)26-11(2)17(21)24/h4-9,11H,1-3H3. The highest BCUT2D eigenvalue weighted by Crippen LogP contribution is 2.31. The van der Waals surface area contributed by atoms with E-state index in [9.17, 15) is 4.79 Å². The van der Waals surface area contributed by atoms with E-state index in [1.807, 2.05) is 13.0 Å². The monoisotopic (exact) mass is 406 g/mol. The minimum Gasteiger partial charge on any atom is -0.482 e. The summed E-state index contributed by atoms with van der Waals surface area (Å²) in [5.74, 6) is 1.36. The molecule has 3 aromatic rings. The Balaban J connectivity index is 1.86. The smallest absolute Gasteiger partial charge is 0.325 e. The van der Waals surface area contributed by atoms with Crippen LogP contribution in [0, 0.1) is 6.92 Å². The molecule has 2 aromatic carbocycles. The third-order valence-electron chi connectivity index (χ3n) is 3.78. The van der Waals surface area contributed by atoms with Gasteiger partial charge in [-0.15, -0.1) is 0 Å². The van der Waals surface area contributed by atoms with Gasteiger partial charge in [0.15, 0.2) is 6.10 Å². The molecule has 0 saturated heterocycles. The van der Waals surface area contributed by atoms with Crippen LogP contribution in [0.1, 0.15) is 12.5 Å². The van der Waals surface area contributed by atoms with Gasteiger partial charge in [0, 0.05) is 5.02 Å². The largest absolute Gasteiger partial charge is 0.482 e. The number of carbonyl (C=O) groups excluding carboxylic acids is 1. The van der Waals surface area contributed by atoms with Crippen molar-refractivity contribution in [2.24, 2.45) is 0 Å². The second-order valence-electron chi connectivity index (χ2n) is 5.77. The number of halogens is 2. The number of rotatable bonds is 6. The van der Waals surface area contributed by atoms with Crippen LogP contribution in [-0.4, -0.2) is 28.4 Å². The summed E-state index contributed by atoms with van der Waals surface area (Å²) < 4.78 is 16.5. The Hall–Kier alpha value is -2.57. The highest BCUT2D eigenvalue weighted by atomic mass is 35.5. The Bertz CT molecular complexity index is 993. The van der Waals surface area contributed by atoms with Gasteiger partial charge in [0.05, 0.1) is 18.0 Å². The predicted molar refractivity (Wildman–Crippen MR) is 103 cm³/mol. The molecule has 0 bridgehead atoms. The Morgan fingerprint density at radius 1 is 1.11 bits per heavy atom. The average Bonchev–Trinajstić information content (AvgIpc) is 2.64. The van der Waals surface area contributed by atoms with E-state index in [1.54, 1.807) is 37.3 Å². The van der Waals surface area contributed by atoms with E-state index in [0.29, 0.717) is 33.3 Å². The molecule has 3 rings (SSSR count). The Morgan fingerprint density at radius 2 is 1.78 bits per heavy atom. The van der Waals surface area contributed by atoms with Crippen LogP contribution >= 0.6 is 23.2 Å². The van der Waals surface area contributed by atoms with Crippen molar-refractivity contribution in [2.75, 3.05) is 7.11 Å². The molecule has 1 aromatic heterocycles. The van der Waals surface area contributed by atoms with Crippen molar-refractivity contribution >= 4 is 39.3 Å². The molecular weight excluding hydrogens is 391 g/mol. The molecule has 0 N–H and O–H groups in total. The molecule has 0 aliphatic carbocycles. The zero-order valence-corrected chi connectivity index (χ0v) is 16.3. The lowest BCUT2D eigenvalue weighted by Crippen LogP contribution is -2.18. The van der Waals surface area contributed by atoms with E-state index in [2.05, 4.69) is 9.97 Å². The minimum atomic E-state index is -0.735. The summed E-state index contributed by atoms with van der Waals surface area (Å²) in [6.45, 7) is 3.46. The van der Waals surface area contributed by atoms with Gasteiger partial charge in [0.25, 0.3) is 5.24 Å². The Kier molecular flexibility index (Phi) is 5.68. The zero-order valence-electron chi connectivity index (χ0n) is 14.8. The number of fused-ring (bicyclic) bond motifs is 1. The second kappa shape index (κ2) is 7.98. The maximum Gasteiger partial charge on any atom is 0.325 e. The molecule has 0 amide bonds. The van der Waals surface area contributed by atoms with Gasteiger partial charge in [-0.25, -0.2) is 0 Å². The van der Waals surface area contributed by atoms with Gasteiger partial charge in [-0.2, -0.15) is 9.97 Å². The molecule has 1 unspecified atom stereocenters. The van der Waals surface area contributed by atoms with E-state index in [1.165, 1.54) is 7.11 Å². The molecule has 27 heavy (non-hydrogen) atoms.